The Morgan fingerprint density at radius 1 is 1.40 bits per heavy atom. The molecule has 20 heavy (non-hydrogen) atoms. The Labute approximate surface area is 116 Å². The van der Waals surface area contributed by atoms with Crippen molar-refractivity contribution in [3.8, 4) is 0 Å². The fourth-order valence-corrected chi connectivity index (χ4v) is 2.99. The number of carboxylic acid groups (broad SMARTS) is 1. The van der Waals surface area contributed by atoms with Gasteiger partial charge in [0, 0.05) is 19.0 Å². The first kappa shape index (κ1) is 13.1. The quantitative estimate of drug-likeness (QED) is 0.612. The van der Waals surface area contributed by atoms with Crippen LogP contribution in [0.4, 0.5) is 0 Å². The Morgan fingerprint density at radius 3 is 3.00 bits per heavy atom. The van der Waals surface area contributed by atoms with Crippen LogP contribution < -0.4 is 10.6 Å². The molecule has 4 N–H and O–H groups in total. The number of nitrogens with one attached hydrogen (secondary N) is 3. The number of carbonyl (C=O) groups excluding carboxylic acids is 1. The summed E-state index contributed by atoms with van der Waals surface area (Å²) in [5, 5.41) is 15.1. The van der Waals surface area contributed by atoms with Crippen molar-refractivity contribution < 1.29 is 14.7 Å². The van der Waals surface area contributed by atoms with Crippen molar-refractivity contribution in [3.05, 3.63) is 17.7 Å². The van der Waals surface area contributed by atoms with Gasteiger partial charge in [-0.05, 0) is 19.3 Å². The van der Waals surface area contributed by atoms with Crippen molar-refractivity contribution in [2.24, 2.45) is 5.92 Å². The van der Waals surface area contributed by atoms with Crippen molar-refractivity contribution in [1.29, 1.82) is 0 Å². The number of hydrogen-bond donors (Lipinski definition) is 4. The molecule has 0 saturated heterocycles. The summed E-state index contributed by atoms with van der Waals surface area (Å²) < 4.78 is 0. The third-order valence-electron chi connectivity index (χ3n) is 4.17. The van der Waals surface area contributed by atoms with Crippen LogP contribution in [0.15, 0.2) is 6.33 Å². The van der Waals surface area contributed by atoms with Crippen LogP contribution in [0.2, 0.25) is 0 Å². The van der Waals surface area contributed by atoms with Gasteiger partial charge in [-0.3, -0.25) is 14.9 Å². The zero-order valence-corrected chi connectivity index (χ0v) is 11.1. The lowest BCUT2D eigenvalue weighted by Gasteiger charge is -2.24. The second-order valence-corrected chi connectivity index (χ2v) is 5.52. The van der Waals surface area contributed by atoms with E-state index in [-0.39, 0.29) is 23.9 Å². The van der Waals surface area contributed by atoms with E-state index >= 15 is 0 Å². The number of aromatic nitrogens is 2. The minimum Gasteiger partial charge on any atom is -0.481 e. The SMILES string of the molecule is O=C(O)C1CCC(NC(=O)C2Cc3nc[nH]c3CN2)C1. The molecule has 1 aromatic rings. The van der Waals surface area contributed by atoms with E-state index in [4.69, 9.17) is 5.11 Å². The summed E-state index contributed by atoms with van der Waals surface area (Å²) in [6.45, 7) is 0.607. The minimum absolute atomic E-state index is 0.0222. The molecule has 1 fully saturated rings. The normalized spacial score (nSPS) is 28.9. The van der Waals surface area contributed by atoms with E-state index in [9.17, 15) is 9.59 Å². The molecule has 0 radical (unpaired) electrons. The number of amides is 1. The van der Waals surface area contributed by atoms with Crippen molar-refractivity contribution in [2.75, 3.05) is 0 Å². The van der Waals surface area contributed by atoms with Gasteiger partial charge in [0.1, 0.15) is 0 Å². The van der Waals surface area contributed by atoms with Gasteiger partial charge in [0.25, 0.3) is 0 Å². The van der Waals surface area contributed by atoms with Gasteiger partial charge in [0.15, 0.2) is 0 Å². The van der Waals surface area contributed by atoms with Gasteiger partial charge < -0.3 is 15.4 Å². The zero-order chi connectivity index (χ0) is 14.1. The highest BCUT2D eigenvalue weighted by Gasteiger charge is 2.33. The molecule has 1 aliphatic heterocycles. The first-order valence-corrected chi connectivity index (χ1v) is 6.91. The lowest BCUT2D eigenvalue weighted by atomic mass is 10.0. The van der Waals surface area contributed by atoms with E-state index in [2.05, 4.69) is 20.6 Å². The number of H-pyrrole nitrogens is 1. The highest BCUT2D eigenvalue weighted by Crippen LogP contribution is 2.25. The maximum absolute atomic E-state index is 12.2. The summed E-state index contributed by atoms with van der Waals surface area (Å²) in [4.78, 5) is 30.3. The van der Waals surface area contributed by atoms with Crippen LogP contribution in [0.25, 0.3) is 0 Å². The molecule has 1 aromatic heterocycles. The minimum atomic E-state index is -0.765. The number of fused-ring (bicyclic) bond motifs is 1. The maximum Gasteiger partial charge on any atom is 0.306 e. The summed E-state index contributed by atoms with van der Waals surface area (Å²) in [5.74, 6) is -1.15. The average Bonchev–Trinajstić information content (AvgIpc) is 3.05. The van der Waals surface area contributed by atoms with Gasteiger partial charge in [-0.25, -0.2) is 4.98 Å². The van der Waals surface area contributed by atoms with E-state index in [0.717, 1.165) is 17.8 Å². The van der Waals surface area contributed by atoms with Crippen LogP contribution in [-0.4, -0.2) is 39.0 Å². The number of aromatic amines is 1. The second-order valence-electron chi connectivity index (χ2n) is 5.52. The van der Waals surface area contributed by atoms with Gasteiger partial charge in [-0.15, -0.1) is 0 Å². The molecule has 1 aliphatic carbocycles. The lowest BCUT2D eigenvalue weighted by molar-refractivity contribution is -0.141. The van der Waals surface area contributed by atoms with Crippen LogP contribution >= 0.6 is 0 Å². The Bertz CT molecular complexity index is 527. The molecule has 7 heteroatoms. The fourth-order valence-electron chi connectivity index (χ4n) is 2.99. The number of carboxylic acids is 1. The molecular weight excluding hydrogens is 260 g/mol. The highest BCUT2D eigenvalue weighted by atomic mass is 16.4. The van der Waals surface area contributed by atoms with Gasteiger partial charge in [-0.2, -0.15) is 0 Å². The monoisotopic (exact) mass is 278 g/mol. The topological polar surface area (TPSA) is 107 Å². The smallest absolute Gasteiger partial charge is 0.306 e. The summed E-state index contributed by atoms with van der Waals surface area (Å²) in [5.41, 5.74) is 1.96. The summed E-state index contributed by atoms with van der Waals surface area (Å²) in [6, 6.07) is -0.305. The van der Waals surface area contributed by atoms with Gasteiger partial charge >= 0.3 is 5.97 Å². The van der Waals surface area contributed by atoms with Crippen molar-refractivity contribution >= 4 is 11.9 Å². The average molecular weight is 278 g/mol. The Morgan fingerprint density at radius 2 is 2.25 bits per heavy atom. The summed E-state index contributed by atoms with van der Waals surface area (Å²) >= 11 is 0. The Balaban J connectivity index is 1.55. The third-order valence-corrected chi connectivity index (χ3v) is 4.17. The molecule has 2 heterocycles. The molecule has 108 valence electrons. The van der Waals surface area contributed by atoms with Crippen LogP contribution in [-0.2, 0) is 22.6 Å². The molecule has 0 aromatic carbocycles. The fraction of sp³-hybridized carbons (Fsp3) is 0.615. The second kappa shape index (κ2) is 5.24. The van der Waals surface area contributed by atoms with E-state index in [1.54, 1.807) is 6.33 Å². The molecule has 0 spiro atoms. The van der Waals surface area contributed by atoms with Gasteiger partial charge in [0.2, 0.25) is 5.91 Å². The van der Waals surface area contributed by atoms with E-state index in [1.807, 2.05) is 0 Å². The zero-order valence-electron chi connectivity index (χ0n) is 11.1. The molecule has 3 unspecified atom stereocenters. The van der Waals surface area contributed by atoms with E-state index in [0.29, 0.717) is 25.8 Å². The molecule has 3 atom stereocenters. The Hall–Kier alpha value is -1.89. The molecule has 2 aliphatic rings. The standard InChI is InChI=1S/C13H18N4O3/c18-12(17-8-2-1-7(3-8)13(19)20)10-4-9-11(5-14-10)16-6-15-9/h6-8,10,14H,1-5H2,(H,15,16)(H,17,18)(H,19,20). The van der Waals surface area contributed by atoms with Crippen molar-refractivity contribution in [3.63, 3.8) is 0 Å². The van der Waals surface area contributed by atoms with E-state index < -0.39 is 5.97 Å². The van der Waals surface area contributed by atoms with Gasteiger partial charge in [0.05, 0.1) is 29.7 Å². The van der Waals surface area contributed by atoms with Crippen LogP contribution in [0.1, 0.15) is 30.7 Å². The predicted octanol–water partition coefficient (Wildman–Crippen LogP) is -0.206. The number of hydrogen-bond acceptors (Lipinski definition) is 4. The van der Waals surface area contributed by atoms with Crippen molar-refractivity contribution in [2.45, 2.75) is 44.3 Å². The number of rotatable bonds is 3. The van der Waals surface area contributed by atoms with E-state index in [1.165, 1.54) is 0 Å². The molecule has 0 bridgehead atoms. The first-order chi connectivity index (χ1) is 9.63. The number of aliphatic carboxylic acids is 1. The summed E-state index contributed by atoms with van der Waals surface area (Å²) in [6.07, 6.45) is 4.12. The predicted molar refractivity (Wildman–Crippen MR) is 69.8 cm³/mol. The molecule has 1 amide bonds. The lowest BCUT2D eigenvalue weighted by Crippen LogP contribution is -2.50. The summed E-state index contributed by atoms with van der Waals surface area (Å²) in [7, 11) is 0. The molecule has 1 saturated carbocycles. The number of carbonyl (C=O) groups is 2. The maximum atomic E-state index is 12.2. The first-order valence-electron chi connectivity index (χ1n) is 6.91. The molecule has 7 nitrogen and oxygen atoms in total. The number of nitrogens with zero attached hydrogens (tertiary/aromatic N) is 1. The highest BCUT2D eigenvalue weighted by molar-refractivity contribution is 5.82. The Kier molecular flexibility index (Phi) is 3.43. The number of imidazole rings is 1. The molecular formula is C13H18N4O3. The molecule has 3 rings (SSSR count). The van der Waals surface area contributed by atoms with Crippen LogP contribution in [0, 0.1) is 5.92 Å². The van der Waals surface area contributed by atoms with Crippen LogP contribution in [0.5, 0.6) is 0 Å². The van der Waals surface area contributed by atoms with Crippen molar-refractivity contribution in [1.82, 2.24) is 20.6 Å². The van der Waals surface area contributed by atoms with Crippen LogP contribution in [0.3, 0.4) is 0 Å². The van der Waals surface area contributed by atoms with Gasteiger partial charge in [-0.1, -0.05) is 0 Å². The largest absolute Gasteiger partial charge is 0.481 e. The third kappa shape index (κ3) is 2.53.